The average molecular weight is 461 g/mol. The number of hydrogen-bond acceptors (Lipinski definition) is 10. The minimum Gasteiger partial charge on any atom is -0.378 e. The molecule has 0 aliphatic rings. The van der Waals surface area contributed by atoms with Crippen LogP contribution in [0, 0.1) is 0 Å². The van der Waals surface area contributed by atoms with Gasteiger partial charge in [0.1, 0.15) is 0 Å². The van der Waals surface area contributed by atoms with E-state index in [-0.39, 0.29) is 17.3 Å². The molecule has 10 nitrogen and oxygen atoms in total. The summed E-state index contributed by atoms with van der Waals surface area (Å²) in [6.07, 6.45) is 1.55. The largest absolute Gasteiger partial charge is 0.378 e. The number of halogens is 1. The maximum Gasteiger partial charge on any atom is 0.293 e. The molecule has 30 heavy (non-hydrogen) atoms. The highest BCUT2D eigenvalue weighted by Gasteiger charge is 2.24. The Morgan fingerprint density at radius 3 is 2.87 bits per heavy atom. The lowest BCUT2D eigenvalue weighted by Crippen LogP contribution is -2.20. The molecule has 0 radical (unpaired) electrons. The van der Waals surface area contributed by atoms with Crippen LogP contribution in [-0.2, 0) is 5.75 Å². The number of nitrogen functional groups attached to an aromatic ring is 1. The summed E-state index contributed by atoms with van der Waals surface area (Å²) >= 11 is 8.90. The van der Waals surface area contributed by atoms with Gasteiger partial charge in [0.15, 0.2) is 5.69 Å². The zero-order chi connectivity index (χ0) is 20.9. The molecule has 152 valence electrons. The highest BCUT2D eigenvalue weighted by molar-refractivity contribution is 7.98. The predicted octanol–water partition coefficient (Wildman–Crippen LogP) is 3.00. The zero-order valence-electron chi connectivity index (χ0n) is 15.1. The molecule has 3 N–H and O–H groups in total. The lowest BCUT2D eigenvalue weighted by molar-refractivity contribution is 0.0949. The molecule has 0 fully saturated rings. The summed E-state index contributed by atoms with van der Waals surface area (Å²) in [5, 5.41) is 21.8. The maximum atomic E-state index is 12.7. The summed E-state index contributed by atoms with van der Waals surface area (Å²) in [6.45, 7) is 0. The fraction of sp³-hybridized carbons (Fsp3) is 0.0588. The van der Waals surface area contributed by atoms with Gasteiger partial charge in [-0.2, -0.15) is 9.78 Å². The van der Waals surface area contributed by atoms with E-state index in [1.54, 1.807) is 18.3 Å². The van der Waals surface area contributed by atoms with Gasteiger partial charge in [0, 0.05) is 20.5 Å². The van der Waals surface area contributed by atoms with E-state index in [0.717, 1.165) is 9.77 Å². The van der Waals surface area contributed by atoms with Crippen LogP contribution >= 0.6 is 34.7 Å². The van der Waals surface area contributed by atoms with Gasteiger partial charge in [-0.25, -0.2) is 10.1 Å². The van der Waals surface area contributed by atoms with Crippen molar-refractivity contribution in [2.24, 2.45) is 5.10 Å². The van der Waals surface area contributed by atoms with E-state index in [2.05, 4.69) is 35.8 Å². The van der Waals surface area contributed by atoms with Crippen LogP contribution in [0.4, 0.5) is 5.82 Å². The Morgan fingerprint density at radius 1 is 1.33 bits per heavy atom. The van der Waals surface area contributed by atoms with E-state index >= 15 is 0 Å². The maximum absolute atomic E-state index is 12.7. The molecular weight excluding hydrogens is 448 g/mol. The summed E-state index contributed by atoms with van der Waals surface area (Å²) < 4.78 is 5.97. The number of benzene rings is 1. The number of hydrazone groups is 1. The molecular formula is C17H13ClN8O2S2. The zero-order valence-corrected chi connectivity index (χ0v) is 17.5. The molecule has 4 rings (SSSR count). The lowest BCUT2D eigenvalue weighted by atomic mass is 10.3. The van der Waals surface area contributed by atoms with Gasteiger partial charge in [0.25, 0.3) is 5.91 Å². The molecule has 1 amide bonds. The van der Waals surface area contributed by atoms with Crippen LogP contribution in [0.25, 0.3) is 5.82 Å². The van der Waals surface area contributed by atoms with Crippen molar-refractivity contribution in [1.29, 1.82) is 0 Å². The van der Waals surface area contributed by atoms with Crippen LogP contribution in [0.1, 0.15) is 21.1 Å². The minimum absolute atomic E-state index is 0.0281. The van der Waals surface area contributed by atoms with Gasteiger partial charge in [-0.1, -0.05) is 22.9 Å². The fourth-order valence-electron chi connectivity index (χ4n) is 2.37. The quantitative estimate of drug-likeness (QED) is 0.244. The van der Waals surface area contributed by atoms with Gasteiger partial charge < -0.3 is 5.73 Å². The first kappa shape index (κ1) is 20.1. The Hall–Kier alpha value is -3.22. The summed E-state index contributed by atoms with van der Waals surface area (Å²) in [5.41, 5.74) is 8.79. The van der Waals surface area contributed by atoms with E-state index in [4.69, 9.17) is 17.3 Å². The fourth-order valence-corrected chi connectivity index (χ4v) is 3.97. The Bertz CT molecular complexity index is 1170. The number of nitrogens with one attached hydrogen (secondary N) is 1. The molecule has 0 saturated heterocycles. The Kier molecular flexibility index (Phi) is 6.07. The van der Waals surface area contributed by atoms with E-state index < -0.39 is 5.91 Å². The molecule has 13 heteroatoms. The molecule has 3 heterocycles. The molecule has 1 aromatic carbocycles. The molecule has 0 saturated carbocycles. The van der Waals surface area contributed by atoms with E-state index in [0.29, 0.717) is 16.5 Å². The first-order valence-corrected chi connectivity index (χ1v) is 10.6. The van der Waals surface area contributed by atoms with Crippen LogP contribution in [0.5, 0.6) is 0 Å². The lowest BCUT2D eigenvalue weighted by Gasteiger charge is -2.06. The Labute approximate surface area is 183 Å². The van der Waals surface area contributed by atoms with Crippen molar-refractivity contribution in [3.63, 3.8) is 0 Å². The number of aromatic nitrogens is 5. The number of hydrogen-bond donors (Lipinski definition) is 2. The van der Waals surface area contributed by atoms with Crippen LogP contribution < -0.4 is 11.2 Å². The standard InChI is InChI=1S/C17H13ClN8O2S2/c18-10-3-5-11(6-4-10)30-9-13-14(17(27)22-20-8-12-2-1-7-29-12)21-25-26(13)16-15(19)23-28-24-16/h1-8H,9H2,(H2,19,23)(H,22,27). The molecule has 0 aliphatic carbocycles. The number of thiophene rings is 1. The van der Waals surface area contributed by atoms with Crippen LogP contribution in [-0.4, -0.2) is 37.4 Å². The summed E-state index contributed by atoms with van der Waals surface area (Å²) in [7, 11) is 0. The van der Waals surface area contributed by atoms with Gasteiger partial charge in [-0.05, 0) is 46.0 Å². The molecule has 0 unspecified atom stereocenters. The first-order chi connectivity index (χ1) is 14.6. The number of carbonyl (C=O) groups is 1. The number of amides is 1. The van der Waals surface area contributed by atoms with Crippen molar-refractivity contribution >= 4 is 52.6 Å². The van der Waals surface area contributed by atoms with Crippen LogP contribution in [0.3, 0.4) is 0 Å². The van der Waals surface area contributed by atoms with Crippen molar-refractivity contribution in [1.82, 2.24) is 30.7 Å². The van der Waals surface area contributed by atoms with Gasteiger partial charge in [0.2, 0.25) is 11.6 Å². The predicted molar refractivity (Wildman–Crippen MR) is 114 cm³/mol. The molecule has 0 atom stereocenters. The third-order valence-electron chi connectivity index (χ3n) is 3.76. The summed E-state index contributed by atoms with van der Waals surface area (Å²) in [5.74, 6) is 0.00431. The Morgan fingerprint density at radius 2 is 2.17 bits per heavy atom. The van der Waals surface area contributed by atoms with Crippen molar-refractivity contribution in [3.05, 3.63) is 63.1 Å². The van der Waals surface area contributed by atoms with Crippen molar-refractivity contribution in [2.75, 3.05) is 5.73 Å². The van der Waals surface area contributed by atoms with Gasteiger partial charge in [0.05, 0.1) is 11.9 Å². The molecule has 3 aromatic heterocycles. The number of nitrogens with two attached hydrogens (primary N) is 1. The van der Waals surface area contributed by atoms with E-state index in [9.17, 15) is 4.79 Å². The number of nitrogens with zero attached hydrogens (tertiary/aromatic N) is 6. The second-order valence-corrected chi connectivity index (χ2v) is 8.19. The first-order valence-electron chi connectivity index (χ1n) is 8.40. The summed E-state index contributed by atoms with van der Waals surface area (Å²) in [4.78, 5) is 14.5. The van der Waals surface area contributed by atoms with Gasteiger partial charge in [-0.3, -0.25) is 4.79 Å². The van der Waals surface area contributed by atoms with Crippen LogP contribution in [0.15, 0.2) is 56.4 Å². The van der Waals surface area contributed by atoms with Gasteiger partial charge >= 0.3 is 0 Å². The highest BCUT2D eigenvalue weighted by Crippen LogP contribution is 2.27. The molecule has 0 bridgehead atoms. The molecule has 0 spiro atoms. The summed E-state index contributed by atoms with van der Waals surface area (Å²) in [6, 6.07) is 11.1. The normalized spacial score (nSPS) is 11.2. The third-order valence-corrected chi connectivity index (χ3v) is 5.85. The highest BCUT2D eigenvalue weighted by atomic mass is 35.5. The van der Waals surface area contributed by atoms with Crippen molar-refractivity contribution < 1.29 is 9.42 Å². The van der Waals surface area contributed by atoms with Crippen LogP contribution in [0.2, 0.25) is 5.02 Å². The number of anilines is 1. The SMILES string of the molecule is Nc1nonc1-n1nnc(C(=O)NN=Cc2cccs2)c1CSc1ccc(Cl)cc1. The van der Waals surface area contributed by atoms with E-state index in [1.165, 1.54) is 27.8 Å². The van der Waals surface area contributed by atoms with E-state index in [1.807, 2.05) is 29.6 Å². The molecule has 4 aromatic rings. The second-order valence-electron chi connectivity index (χ2n) is 5.73. The number of carbonyl (C=O) groups excluding carboxylic acids is 1. The van der Waals surface area contributed by atoms with Gasteiger partial charge in [-0.15, -0.1) is 28.2 Å². The topological polar surface area (TPSA) is 137 Å². The van der Waals surface area contributed by atoms with Crippen molar-refractivity contribution in [3.8, 4) is 5.82 Å². The number of thioether (sulfide) groups is 1. The monoisotopic (exact) mass is 460 g/mol. The Balaban J connectivity index is 1.59. The second kappa shape index (κ2) is 9.07. The number of rotatable bonds is 7. The smallest absolute Gasteiger partial charge is 0.293 e. The minimum atomic E-state index is -0.518. The van der Waals surface area contributed by atoms with Crippen molar-refractivity contribution in [2.45, 2.75) is 10.6 Å². The average Bonchev–Trinajstić information content (AvgIpc) is 3.48. The third kappa shape index (κ3) is 4.50. The molecule has 0 aliphatic heterocycles.